The molecule has 1 saturated heterocycles. The summed E-state index contributed by atoms with van der Waals surface area (Å²) in [5, 5.41) is 0. The van der Waals surface area contributed by atoms with E-state index in [4.69, 9.17) is 0 Å². The Morgan fingerprint density at radius 3 is 1.25 bits per heavy atom. The van der Waals surface area contributed by atoms with Crippen LogP contribution in [0.3, 0.4) is 0 Å². The summed E-state index contributed by atoms with van der Waals surface area (Å²) in [6, 6.07) is 0. The van der Waals surface area contributed by atoms with Crippen LogP contribution in [0.25, 0.3) is 0 Å². The van der Waals surface area contributed by atoms with Crippen molar-refractivity contribution in [3.05, 3.63) is 0 Å². The molecule has 1 aliphatic heterocycles. The molecule has 6 heteroatoms. The highest BCUT2D eigenvalue weighted by molar-refractivity contribution is 6.74. The summed E-state index contributed by atoms with van der Waals surface area (Å²) < 4.78 is 7.91. The van der Waals surface area contributed by atoms with Gasteiger partial charge in [0.25, 0.3) is 22.1 Å². The van der Waals surface area contributed by atoms with Gasteiger partial charge in [-0.05, 0) is 85.3 Å². The van der Waals surface area contributed by atoms with Crippen molar-refractivity contribution < 1.29 is 0 Å². The van der Waals surface area contributed by atoms with Crippen LogP contribution in [0.5, 0.6) is 0 Å². The molecule has 0 aliphatic carbocycles. The third kappa shape index (κ3) is 4.05. The van der Waals surface area contributed by atoms with Crippen LogP contribution in [0.15, 0.2) is 0 Å². The third-order valence-electron chi connectivity index (χ3n) is 4.40. The van der Waals surface area contributed by atoms with E-state index in [1.807, 2.05) is 0 Å². The van der Waals surface area contributed by atoms with Gasteiger partial charge in [-0.3, -0.25) is 0 Å². The van der Waals surface area contributed by atoms with Crippen molar-refractivity contribution in [1.29, 1.82) is 0 Å². The van der Waals surface area contributed by atoms with E-state index in [0.717, 1.165) is 15.1 Å². The highest BCUT2D eigenvalue weighted by atomic mass is 15.3. The predicted octanol–water partition coefficient (Wildman–Crippen LogP) is 2.34. The third-order valence-corrected chi connectivity index (χ3v) is 4.40. The van der Waals surface area contributed by atoms with Crippen molar-refractivity contribution in [1.82, 2.24) is 14.2 Å². The minimum absolute atomic E-state index is 0.189. The first-order valence-electron chi connectivity index (χ1n) is 8.07. The molecule has 1 heterocycles. The SMILES string of the molecule is CCB1N(C(C)(C)C)BN(C(C)(C)C)BN1C(C)(C)C. The Bertz CT molecular complexity index is 304. The second-order valence-electron chi connectivity index (χ2n) is 9.16. The molecule has 1 fully saturated rings. The van der Waals surface area contributed by atoms with Crippen molar-refractivity contribution in [2.75, 3.05) is 0 Å². The molecule has 3 nitrogen and oxygen atoms in total. The molecule has 0 amide bonds. The van der Waals surface area contributed by atoms with Gasteiger partial charge in [-0.1, -0.05) is 6.92 Å². The van der Waals surface area contributed by atoms with Crippen molar-refractivity contribution in [3.63, 3.8) is 0 Å². The fourth-order valence-electron chi connectivity index (χ4n) is 2.95. The fourth-order valence-corrected chi connectivity index (χ4v) is 2.95. The molecule has 20 heavy (non-hydrogen) atoms. The number of nitrogens with zero attached hydrogens (tertiary/aromatic N) is 3. The molecule has 114 valence electrons. The van der Waals surface area contributed by atoms with Crippen LogP contribution in [0.1, 0.15) is 69.2 Å². The molecule has 0 atom stereocenters. The molecule has 0 N–H and O–H groups in total. The maximum Gasteiger partial charge on any atom is 0.290 e. The zero-order valence-corrected chi connectivity index (χ0v) is 15.5. The normalized spacial score (nSPS) is 20.8. The molecular weight excluding hydrogens is 243 g/mol. The second kappa shape index (κ2) is 5.70. The van der Waals surface area contributed by atoms with Gasteiger partial charge in [-0.25, -0.2) is 0 Å². The van der Waals surface area contributed by atoms with Gasteiger partial charge in [0.1, 0.15) is 0 Å². The monoisotopic (exact) mass is 277 g/mol. The molecule has 0 saturated carbocycles. The summed E-state index contributed by atoms with van der Waals surface area (Å²) in [6.07, 6.45) is 1.17. The van der Waals surface area contributed by atoms with Crippen LogP contribution in [-0.4, -0.2) is 52.9 Å². The first-order valence-corrected chi connectivity index (χ1v) is 8.07. The van der Waals surface area contributed by atoms with Crippen molar-refractivity contribution in [2.24, 2.45) is 0 Å². The van der Waals surface area contributed by atoms with Crippen LogP contribution in [0, 0.1) is 0 Å². The lowest BCUT2D eigenvalue weighted by Gasteiger charge is -2.57. The van der Waals surface area contributed by atoms with E-state index in [2.05, 4.69) is 83.4 Å². The van der Waals surface area contributed by atoms with E-state index in [9.17, 15) is 0 Å². The molecular formula is C14H34B3N3. The van der Waals surface area contributed by atoms with Gasteiger partial charge in [0, 0.05) is 0 Å². The van der Waals surface area contributed by atoms with E-state index < -0.39 is 0 Å². The Morgan fingerprint density at radius 1 is 0.700 bits per heavy atom. The summed E-state index contributed by atoms with van der Waals surface area (Å²) in [6.45, 7) is 23.8. The molecule has 0 bridgehead atoms. The van der Waals surface area contributed by atoms with Gasteiger partial charge >= 0.3 is 0 Å². The summed E-state index contributed by atoms with van der Waals surface area (Å²) in [7, 11) is 2.11. The van der Waals surface area contributed by atoms with Gasteiger partial charge in [0.15, 0.2) is 0 Å². The van der Waals surface area contributed by atoms with E-state index in [0.29, 0.717) is 6.98 Å². The van der Waals surface area contributed by atoms with Gasteiger partial charge < -0.3 is 14.2 Å². The maximum absolute atomic E-state index is 2.66. The number of rotatable bonds is 1. The van der Waals surface area contributed by atoms with Crippen molar-refractivity contribution in [2.45, 2.75) is 92.2 Å². The Morgan fingerprint density at radius 2 is 1.05 bits per heavy atom. The van der Waals surface area contributed by atoms with Gasteiger partial charge in [0.2, 0.25) is 0 Å². The molecule has 1 aliphatic rings. The molecule has 0 aromatic heterocycles. The standard InChI is InChI=1S/C14H34B3N3/c1-11-17-19(13(5,6)7)15-18(12(2,3)4)16-20(17)14(8,9)10/h15-16H,11H2,1-10H3. The Hall–Kier alpha value is 0.0748. The zero-order valence-electron chi connectivity index (χ0n) is 15.5. The van der Waals surface area contributed by atoms with Crippen LogP contribution >= 0.6 is 0 Å². The molecule has 0 radical (unpaired) electrons. The largest absolute Gasteiger partial charge is 0.359 e. The van der Waals surface area contributed by atoms with Crippen molar-refractivity contribution in [3.8, 4) is 0 Å². The second-order valence-corrected chi connectivity index (χ2v) is 9.16. The summed E-state index contributed by atoms with van der Waals surface area (Å²) in [5.74, 6) is 0. The number of hydrogen-bond donors (Lipinski definition) is 0. The van der Waals surface area contributed by atoms with Crippen LogP contribution in [-0.2, 0) is 0 Å². The summed E-state index contributed by atoms with van der Waals surface area (Å²) in [4.78, 5) is 0. The topological polar surface area (TPSA) is 9.72 Å². The van der Waals surface area contributed by atoms with E-state index in [1.54, 1.807) is 0 Å². The smallest absolute Gasteiger partial charge is 0.290 e. The van der Waals surface area contributed by atoms with E-state index >= 15 is 0 Å². The molecule has 0 aromatic rings. The van der Waals surface area contributed by atoms with Gasteiger partial charge in [-0.15, -0.1) is 0 Å². The quantitative estimate of drug-likeness (QED) is 0.681. The van der Waals surface area contributed by atoms with Gasteiger partial charge in [0.05, 0.1) is 0 Å². The minimum atomic E-state index is 0.189. The summed E-state index contributed by atoms with van der Waals surface area (Å²) >= 11 is 0. The lowest BCUT2D eigenvalue weighted by molar-refractivity contribution is 0.238. The Labute approximate surface area is 129 Å². The average molecular weight is 277 g/mol. The van der Waals surface area contributed by atoms with E-state index in [-0.39, 0.29) is 16.6 Å². The first-order chi connectivity index (χ1) is 8.78. The Kier molecular flexibility index (Phi) is 5.16. The van der Waals surface area contributed by atoms with E-state index in [1.165, 1.54) is 6.32 Å². The van der Waals surface area contributed by atoms with Crippen LogP contribution in [0.4, 0.5) is 0 Å². The minimum Gasteiger partial charge on any atom is -0.359 e. The van der Waals surface area contributed by atoms with Crippen molar-refractivity contribution >= 4 is 22.1 Å². The molecule has 1 rings (SSSR count). The fraction of sp³-hybridized carbons (Fsp3) is 1.00. The lowest BCUT2D eigenvalue weighted by Crippen LogP contribution is -2.76. The molecule has 0 unspecified atom stereocenters. The first kappa shape index (κ1) is 18.1. The van der Waals surface area contributed by atoms with Crippen LogP contribution in [0.2, 0.25) is 6.32 Å². The highest BCUT2D eigenvalue weighted by Gasteiger charge is 2.47. The molecule has 0 spiro atoms. The van der Waals surface area contributed by atoms with Gasteiger partial charge in [-0.2, -0.15) is 0 Å². The predicted molar refractivity (Wildman–Crippen MR) is 95.3 cm³/mol. The number of hydrogen-bond acceptors (Lipinski definition) is 3. The lowest BCUT2D eigenvalue weighted by atomic mass is 9.51. The van der Waals surface area contributed by atoms with Crippen LogP contribution < -0.4 is 0 Å². The maximum atomic E-state index is 2.66. The zero-order chi connectivity index (χ0) is 15.9. The Balaban J connectivity index is 3.16. The highest BCUT2D eigenvalue weighted by Crippen LogP contribution is 2.29. The summed E-state index contributed by atoms with van der Waals surface area (Å²) in [5.41, 5.74) is 0.577. The molecule has 0 aromatic carbocycles. The average Bonchev–Trinajstić information content (AvgIpc) is 2.23.